The van der Waals surface area contributed by atoms with Gasteiger partial charge in [-0.15, -0.1) is 0 Å². The van der Waals surface area contributed by atoms with E-state index in [1.54, 1.807) is 41.9 Å². The highest BCUT2D eigenvalue weighted by Crippen LogP contribution is 2.10. The maximum absolute atomic E-state index is 11.5. The monoisotopic (exact) mass is 378 g/mol. The lowest BCUT2D eigenvalue weighted by molar-refractivity contribution is 0.0154. The van der Waals surface area contributed by atoms with Crippen LogP contribution in [0.15, 0.2) is 0 Å². The van der Waals surface area contributed by atoms with E-state index in [1.165, 1.54) is 4.90 Å². The van der Waals surface area contributed by atoms with E-state index in [4.69, 9.17) is 19.3 Å². The molecule has 0 aliphatic rings. The first kappa shape index (κ1) is 26.7. The van der Waals surface area contributed by atoms with E-state index in [0.29, 0.717) is 6.61 Å². The lowest BCUT2D eigenvalue weighted by atomic mass is 10.2. The molecule has 2 amide bonds. The van der Waals surface area contributed by atoms with Crippen LogP contribution in [-0.2, 0) is 14.2 Å². The molecule has 0 radical (unpaired) electrons. The molecule has 0 saturated heterocycles. The van der Waals surface area contributed by atoms with Gasteiger partial charge in [0, 0.05) is 14.2 Å². The van der Waals surface area contributed by atoms with Gasteiger partial charge in [-0.05, 0) is 55.4 Å². The molecule has 0 heterocycles. The number of methoxy groups -OCH3 is 1. The first-order chi connectivity index (χ1) is 11.6. The number of carbonyl (C=O) groups is 2. The van der Waals surface area contributed by atoms with Gasteiger partial charge < -0.3 is 29.5 Å². The number of aliphatic hydroxyl groups excluding tert-OH is 1. The number of likely N-dealkylation sites (N-methyl/N-ethyl adjacent to an activating group) is 1. The first-order valence-corrected chi connectivity index (χ1v) is 8.68. The van der Waals surface area contributed by atoms with Crippen LogP contribution in [0.3, 0.4) is 0 Å². The Balaban J connectivity index is 0. The van der Waals surface area contributed by atoms with Gasteiger partial charge in [0.25, 0.3) is 0 Å². The van der Waals surface area contributed by atoms with Crippen molar-refractivity contribution in [1.82, 2.24) is 10.2 Å². The standard InChI is InChI=1S/C10H21NO3.C8H17NO3/c1-8(7-13-6)11(5)9(12)14-10(2,3)4;1-6(5-10)9-7(11)12-8(2,3)4/h8H,7H2,1-6H3;6,10H,5H2,1-4H3,(H,9,11)/t8-;6-/m11/s1. The summed E-state index contributed by atoms with van der Waals surface area (Å²) in [6.07, 6.45) is -0.814. The average Bonchev–Trinajstić information content (AvgIpc) is 2.43. The van der Waals surface area contributed by atoms with Crippen LogP contribution in [0.25, 0.3) is 0 Å². The lowest BCUT2D eigenvalue weighted by Gasteiger charge is -2.28. The Morgan fingerprint density at radius 3 is 1.85 bits per heavy atom. The molecule has 0 unspecified atom stereocenters. The van der Waals surface area contributed by atoms with Crippen molar-refractivity contribution in [3.05, 3.63) is 0 Å². The van der Waals surface area contributed by atoms with Crippen LogP contribution in [0.4, 0.5) is 9.59 Å². The molecule has 2 atom stereocenters. The maximum Gasteiger partial charge on any atom is 0.410 e. The Morgan fingerprint density at radius 1 is 1.04 bits per heavy atom. The number of nitrogens with zero attached hydrogens (tertiary/aromatic N) is 1. The van der Waals surface area contributed by atoms with Gasteiger partial charge in [-0.1, -0.05) is 0 Å². The van der Waals surface area contributed by atoms with E-state index in [0.717, 1.165) is 0 Å². The molecule has 26 heavy (non-hydrogen) atoms. The van der Waals surface area contributed by atoms with Crippen LogP contribution in [0, 0.1) is 0 Å². The van der Waals surface area contributed by atoms with E-state index in [1.807, 2.05) is 27.7 Å². The normalized spacial score (nSPS) is 13.7. The third-order valence-corrected chi connectivity index (χ3v) is 2.79. The number of ether oxygens (including phenoxy) is 3. The Morgan fingerprint density at radius 2 is 1.50 bits per heavy atom. The van der Waals surface area contributed by atoms with Crippen LogP contribution in [0.1, 0.15) is 55.4 Å². The fourth-order valence-electron chi connectivity index (χ4n) is 1.42. The Hall–Kier alpha value is -1.54. The zero-order chi connectivity index (χ0) is 21.1. The van der Waals surface area contributed by atoms with Crippen LogP contribution in [-0.4, -0.2) is 72.8 Å². The molecule has 8 nitrogen and oxygen atoms in total. The van der Waals surface area contributed by atoms with Crippen LogP contribution in [0.5, 0.6) is 0 Å². The van der Waals surface area contributed by atoms with Crippen LogP contribution >= 0.6 is 0 Å². The highest BCUT2D eigenvalue weighted by atomic mass is 16.6. The lowest BCUT2D eigenvalue weighted by Crippen LogP contribution is -2.41. The number of hydrogen-bond acceptors (Lipinski definition) is 6. The molecule has 0 aromatic carbocycles. The number of carbonyl (C=O) groups excluding carboxylic acids is 2. The van der Waals surface area contributed by atoms with Gasteiger partial charge >= 0.3 is 12.2 Å². The van der Waals surface area contributed by atoms with Gasteiger partial charge in [0.1, 0.15) is 11.2 Å². The fraction of sp³-hybridized carbons (Fsp3) is 0.889. The largest absolute Gasteiger partial charge is 0.444 e. The molecule has 0 aromatic rings. The summed E-state index contributed by atoms with van der Waals surface area (Å²) in [7, 11) is 3.32. The number of aliphatic hydroxyl groups is 1. The summed E-state index contributed by atoms with van der Waals surface area (Å²) in [4.78, 5) is 24.0. The Bertz CT molecular complexity index is 415. The number of amides is 2. The summed E-state index contributed by atoms with van der Waals surface area (Å²) in [6, 6.07) is -0.241. The van der Waals surface area contributed by atoms with E-state index in [9.17, 15) is 9.59 Å². The minimum atomic E-state index is -0.496. The van der Waals surface area contributed by atoms with Crippen molar-refractivity contribution in [2.75, 3.05) is 27.4 Å². The summed E-state index contributed by atoms with van der Waals surface area (Å²) in [5.74, 6) is 0. The third kappa shape index (κ3) is 16.0. The number of nitrogens with one attached hydrogen (secondary N) is 1. The van der Waals surface area contributed by atoms with Crippen LogP contribution < -0.4 is 5.32 Å². The molecule has 0 bridgehead atoms. The second kappa shape index (κ2) is 12.0. The van der Waals surface area contributed by atoms with Crippen molar-refractivity contribution in [3.8, 4) is 0 Å². The van der Waals surface area contributed by atoms with Crippen LogP contribution in [0.2, 0.25) is 0 Å². The predicted molar refractivity (Wildman–Crippen MR) is 101 cm³/mol. The number of rotatable bonds is 5. The molecule has 0 aromatic heterocycles. The minimum absolute atomic E-state index is 0.0230. The molecule has 8 heteroatoms. The molecule has 0 saturated carbocycles. The molecule has 0 rings (SSSR count). The van der Waals surface area contributed by atoms with Crippen molar-refractivity contribution in [2.45, 2.75) is 78.7 Å². The second-order valence-corrected chi connectivity index (χ2v) is 8.13. The van der Waals surface area contributed by atoms with Gasteiger partial charge in [0.15, 0.2) is 0 Å². The Labute approximate surface area is 158 Å². The van der Waals surface area contributed by atoms with Gasteiger partial charge in [-0.25, -0.2) is 9.59 Å². The SMILES string of the molecule is COC[C@@H](C)N(C)C(=O)OC(C)(C)C.C[C@H](CO)NC(=O)OC(C)(C)C. The quantitative estimate of drug-likeness (QED) is 0.763. The zero-order valence-electron chi connectivity index (χ0n) is 18.0. The summed E-state index contributed by atoms with van der Waals surface area (Å²) in [6.45, 7) is 14.9. The molecular weight excluding hydrogens is 340 g/mol. The van der Waals surface area contributed by atoms with Crippen molar-refractivity contribution >= 4 is 12.2 Å². The molecule has 0 spiro atoms. The smallest absolute Gasteiger partial charge is 0.410 e. The second-order valence-electron chi connectivity index (χ2n) is 8.13. The fourth-order valence-corrected chi connectivity index (χ4v) is 1.42. The van der Waals surface area contributed by atoms with Crippen molar-refractivity contribution in [1.29, 1.82) is 0 Å². The molecule has 2 N–H and O–H groups in total. The summed E-state index contributed by atoms with van der Waals surface area (Å²) in [5.41, 5.74) is -0.933. The van der Waals surface area contributed by atoms with Gasteiger partial charge in [-0.2, -0.15) is 0 Å². The zero-order valence-corrected chi connectivity index (χ0v) is 18.0. The predicted octanol–water partition coefficient (Wildman–Crippen LogP) is 2.78. The maximum atomic E-state index is 11.5. The van der Waals surface area contributed by atoms with E-state index < -0.39 is 17.3 Å². The molecule has 156 valence electrons. The van der Waals surface area contributed by atoms with Crippen molar-refractivity contribution in [2.24, 2.45) is 0 Å². The highest BCUT2D eigenvalue weighted by molar-refractivity contribution is 5.68. The Kier molecular flexibility index (Phi) is 12.3. The minimum Gasteiger partial charge on any atom is -0.444 e. The van der Waals surface area contributed by atoms with E-state index in [-0.39, 0.29) is 24.8 Å². The average molecular weight is 379 g/mol. The van der Waals surface area contributed by atoms with Gasteiger partial charge in [0.05, 0.1) is 25.3 Å². The van der Waals surface area contributed by atoms with Gasteiger partial charge in [-0.3, -0.25) is 0 Å². The van der Waals surface area contributed by atoms with Crippen molar-refractivity contribution < 1.29 is 28.9 Å². The number of alkyl carbamates (subject to hydrolysis) is 1. The number of hydrogen-bond donors (Lipinski definition) is 2. The van der Waals surface area contributed by atoms with Gasteiger partial charge in [0.2, 0.25) is 0 Å². The summed E-state index contributed by atoms with van der Waals surface area (Å²) < 4.78 is 15.1. The summed E-state index contributed by atoms with van der Waals surface area (Å²) in [5, 5.41) is 11.1. The first-order valence-electron chi connectivity index (χ1n) is 8.68. The summed E-state index contributed by atoms with van der Waals surface area (Å²) >= 11 is 0. The third-order valence-electron chi connectivity index (χ3n) is 2.79. The van der Waals surface area contributed by atoms with Crippen molar-refractivity contribution in [3.63, 3.8) is 0 Å². The van der Waals surface area contributed by atoms with E-state index in [2.05, 4.69) is 5.32 Å². The molecule has 0 aliphatic heterocycles. The van der Waals surface area contributed by atoms with E-state index >= 15 is 0 Å². The highest BCUT2D eigenvalue weighted by Gasteiger charge is 2.22. The molecular formula is C18H38N2O6. The molecule has 0 fully saturated rings. The molecule has 0 aliphatic carbocycles. The topological polar surface area (TPSA) is 97.3 Å².